The molecule has 0 aliphatic rings. The summed E-state index contributed by atoms with van der Waals surface area (Å²) < 4.78 is 7.18. The number of carbonyl (C=O) groups excluding carboxylic acids is 1. The van der Waals surface area contributed by atoms with Gasteiger partial charge in [0.15, 0.2) is 0 Å². The molecule has 3 N–H and O–H groups in total. The second-order valence-corrected chi connectivity index (χ2v) is 5.95. The molecular formula is C14H22N4O2S. The first-order chi connectivity index (χ1) is 10.1. The fourth-order valence-corrected chi connectivity index (χ4v) is 3.27. The van der Waals surface area contributed by atoms with Gasteiger partial charge in [0.1, 0.15) is 9.71 Å². The highest BCUT2D eigenvalue weighted by Gasteiger charge is 2.20. The maximum atomic E-state index is 12.2. The number of carbonyl (C=O) groups is 1. The van der Waals surface area contributed by atoms with Gasteiger partial charge in [-0.05, 0) is 13.3 Å². The maximum Gasteiger partial charge on any atom is 0.263 e. The number of thiophene rings is 1. The van der Waals surface area contributed by atoms with E-state index in [4.69, 9.17) is 10.5 Å². The lowest BCUT2D eigenvalue weighted by atomic mass is 10.2. The number of unbranched alkanes of at least 4 members (excludes halogenated alkanes) is 1. The highest BCUT2D eigenvalue weighted by atomic mass is 32.1. The molecule has 6 nitrogen and oxygen atoms in total. The Labute approximate surface area is 128 Å². The number of hydrogen-bond acceptors (Lipinski definition) is 5. The van der Waals surface area contributed by atoms with E-state index < -0.39 is 0 Å². The van der Waals surface area contributed by atoms with Gasteiger partial charge in [-0.3, -0.25) is 9.48 Å². The number of hydrogen-bond donors (Lipinski definition) is 2. The molecule has 0 bridgehead atoms. The first-order valence-corrected chi connectivity index (χ1v) is 7.95. The Balaban J connectivity index is 1.97. The molecule has 2 aromatic heterocycles. The van der Waals surface area contributed by atoms with E-state index in [-0.39, 0.29) is 5.91 Å². The topological polar surface area (TPSA) is 82.2 Å². The lowest BCUT2D eigenvalue weighted by Crippen LogP contribution is -2.27. The Morgan fingerprint density at radius 2 is 2.24 bits per heavy atom. The Morgan fingerprint density at radius 3 is 2.90 bits per heavy atom. The van der Waals surface area contributed by atoms with Gasteiger partial charge in [0.25, 0.3) is 5.91 Å². The van der Waals surface area contributed by atoms with E-state index in [1.54, 1.807) is 4.68 Å². The smallest absolute Gasteiger partial charge is 0.263 e. The molecule has 0 spiro atoms. The maximum absolute atomic E-state index is 12.2. The standard InChI is InChI=1S/C14H22N4O2S/c1-4-5-7-20-8-6-16-13(19)12-11(15)10-9(2)17-18(3)14(10)21-12/h4-8,15H2,1-3H3,(H,16,19). The van der Waals surface area contributed by atoms with Crippen molar-refractivity contribution in [3.05, 3.63) is 10.6 Å². The molecule has 0 saturated heterocycles. The summed E-state index contributed by atoms with van der Waals surface area (Å²) in [7, 11) is 1.86. The summed E-state index contributed by atoms with van der Waals surface area (Å²) in [6, 6.07) is 0. The van der Waals surface area contributed by atoms with E-state index >= 15 is 0 Å². The van der Waals surface area contributed by atoms with Gasteiger partial charge in [0.05, 0.1) is 23.4 Å². The molecule has 0 saturated carbocycles. The average molecular weight is 310 g/mol. The van der Waals surface area contributed by atoms with E-state index in [0.29, 0.717) is 23.7 Å². The first-order valence-electron chi connectivity index (χ1n) is 7.13. The predicted octanol–water partition coefficient (Wildman–Crippen LogP) is 2.07. The Hall–Kier alpha value is -1.60. The van der Waals surface area contributed by atoms with Crippen LogP contribution < -0.4 is 11.1 Å². The summed E-state index contributed by atoms with van der Waals surface area (Å²) in [5.74, 6) is -0.146. The van der Waals surface area contributed by atoms with Gasteiger partial charge < -0.3 is 15.8 Å². The molecule has 2 heterocycles. The predicted molar refractivity (Wildman–Crippen MR) is 85.8 cm³/mol. The lowest BCUT2D eigenvalue weighted by Gasteiger charge is -2.05. The summed E-state index contributed by atoms with van der Waals surface area (Å²) in [5, 5.41) is 8.04. The summed E-state index contributed by atoms with van der Waals surface area (Å²) in [6.07, 6.45) is 2.15. The Kier molecular flexibility index (Phi) is 5.19. The van der Waals surface area contributed by atoms with E-state index in [9.17, 15) is 4.79 Å². The van der Waals surface area contributed by atoms with Crippen LogP contribution in [0.3, 0.4) is 0 Å². The van der Waals surface area contributed by atoms with Crippen molar-refractivity contribution >= 4 is 33.1 Å². The van der Waals surface area contributed by atoms with E-state index in [2.05, 4.69) is 17.3 Å². The quantitative estimate of drug-likeness (QED) is 0.767. The zero-order valence-corrected chi connectivity index (χ0v) is 13.5. The van der Waals surface area contributed by atoms with Crippen LogP contribution in [0.1, 0.15) is 35.1 Å². The third-order valence-electron chi connectivity index (χ3n) is 3.26. The molecule has 0 radical (unpaired) electrons. The van der Waals surface area contributed by atoms with Crippen LogP contribution in [0.2, 0.25) is 0 Å². The number of anilines is 1. The van der Waals surface area contributed by atoms with Crippen LogP contribution in [0.15, 0.2) is 0 Å². The van der Waals surface area contributed by atoms with Crippen molar-refractivity contribution < 1.29 is 9.53 Å². The molecule has 0 aliphatic heterocycles. The van der Waals surface area contributed by atoms with Crippen LogP contribution in [0.25, 0.3) is 10.2 Å². The number of aryl methyl sites for hydroxylation is 2. The summed E-state index contributed by atoms with van der Waals surface area (Å²) in [6.45, 7) is 5.77. The molecule has 0 atom stereocenters. The summed E-state index contributed by atoms with van der Waals surface area (Å²) in [5.41, 5.74) is 7.46. The number of ether oxygens (including phenoxy) is 1. The number of rotatable bonds is 7. The van der Waals surface area contributed by atoms with Gasteiger partial charge >= 0.3 is 0 Å². The van der Waals surface area contributed by atoms with Gasteiger partial charge in [0, 0.05) is 20.2 Å². The largest absolute Gasteiger partial charge is 0.397 e. The second kappa shape index (κ2) is 6.91. The van der Waals surface area contributed by atoms with Crippen molar-refractivity contribution in [1.82, 2.24) is 15.1 Å². The molecule has 21 heavy (non-hydrogen) atoms. The van der Waals surface area contributed by atoms with Gasteiger partial charge in [-0.1, -0.05) is 13.3 Å². The highest BCUT2D eigenvalue weighted by molar-refractivity contribution is 7.21. The molecule has 7 heteroatoms. The molecule has 116 valence electrons. The normalized spacial score (nSPS) is 11.2. The first kappa shape index (κ1) is 15.8. The third kappa shape index (κ3) is 3.36. The number of amides is 1. The van der Waals surface area contributed by atoms with Crippen LogP contribution in [-0.2, 0) is 11.8 Å². The van der Waals surface area contributed by atoms with Gasteiger partial charge in [-0.25, -0.2) is 0 Å². The molecule has 2 rings (SSSR count). The van der Waals surface area contributed by atoms with Gasteiger partial charge in [-0.15, -0.1) is 11.3 Å². The molecule has 2 aromatic rings. The van der Waals surface area contributed by atoms with Crippen molar-refractivity contribution in [3.8, 4) is 0 Å². The van der Waals surface area contributed by atoms with E-state index in [1.807, 2.05) is 14.0 Å². The number of nitrogens with two attached hydrogens (primary N) is 1. The minimum Gasteiger partial charge on any atom is -0.397 e. The monoisotopic (exact) mass is 310 g/mol. The van der Waals surface area contributed by atoms with Crippen molar-refractivity contribution in [2.75, 3.05) is 25.5 Å². The average Bonchev–Trinajstić information content (AvgIpc) is 2.93. The minimum absolute atomic E-state index is 0.146. The SMILES string of the molecule is CCCCOCCNC(=O)c1sc2c(c(C)nn2C)c1N. The number of nitrogen functional groups attached to an aromatic ring is 1. The lowest BCUT2D eigenvalue weighted by molar-refractivity contribution is 0.0917. The highest BCUT2D eigenvalue weighted by Crippen LogP contribution is 2.35. The number of aromatic nitrogens is 2. The van der Waals surface area contributed by atoms with Crippen LogP contribution in [0, 0.1) is 6.92 Å². The van der Waals surface area contributed by atoms with Crippen molar-refractivity contribution in [3.63, 3.8) is 0 Å². The molecule has 0 aromatic carbocycles. The van der Waals surface area contributed by atoms with Gasteiger partial charge in [0.2, 0.25) is 0 Å². The minimum atomic E-state index is -0.146. The molecule has 0 fully saturated rings. The molecule has 0 aliphatic carbocycles. The second-order valence-electron chi connectivity index (χ2n) is 4.96. The van der Waals surface area contributed by atoms with Crippen molar-refractivity contribution in [2.45, 2.75) is 26.7 Å². The van der Waals surface area contributed by atoms with Crippen LogP contribution in [0.4, 0.5) is 5.69 Å². The Morgan fingerprint density at radius 1 is 1.48 bits per heavy atom. The molecule has 0 unspecified atom stereocenters. The van der Waals surface area contributed by atoms with E-state index in [1.165, 1.54) is 11.3 Å². The Bertz CT molecular complexity index is 632. The van der Waals surface area contributed by atoms with Crippen molar-refractivity contribution in [1.29, 1.82) is 0 Å². The molecule has 1 amide bonds. The van der Waals surface area contributed by atoms with Crippen LogP contribution in [0.5, 0.6) is 0 Å². The fourth-order valence-electron chi connectivity index (χ4n) is 2.16. The number of fused-ring (bicyclic) bond motifs is 1. The summed E-state index contributed by atoms with van der Waals surface area (Å²) >= 11 is 1.37. The van der Waals surface area contributed by atoms with E-state index in [0.717, 1.165) is 35.4 Å². The van der Waals surface area contributed by atoms with Crippen LogP contribution >= 0.6 is 11.3 Å². The number of nitrogens with zero attached hydrogens (tertiary/aromatic N) is 2. The zero-order valence-electron chi connectivity index (χ0n) is 12.7. The van der Waals surface area contributed by atoms with Crippen molar-refractivity contribution in [2.24, 2.45) is 7.05 Å². The summed E-state index contributed by atoms with van der Waals surface area (Å²) in [4.78, 5) is 13.7. The van der Waals surface area contributed by atoms with Crippen LogP contribution in [-0.4, -0.2) is 35.4 Å². The fraction of sp³-hybridized carbons (Fsp3) is 0.571. The molecular weight excluding hydrogens is 288 g/mol. The number of nitrogens with one attached hydrogen (secondary N) is 1. The zero-order chi connectivity index (χ0) is 15.4. The van der Waals surface area contributed by atoms with Gasteiger partial charge in [-0.2, -0.15) is 5.10 Å². The third-order valence-corrected chi connectivity index (χ3v) is 4.53.